The van der Waals surface area contributed by atoms with E-state index in [0.29, 0.717) is 24.0 Å². The molecule has 21 heavy (non-hydrogen) atoms. The van der Waals surface area contributed by atoms with Crippen LogP contribution in [0.5, 0.6) is 11.5 Å². The second-order valence-corrected chi connectivity index (χ2v) is 4.19. The SMILES string of the molecule is CCNc1ncnc(Nc2ccccc2OCC)c1OC. The minimum atomic E-state index is 0.575. The van der Waals surface area contributed by atoms with Gasteiger partial charge in [0.25, 0.3) is 0 Å². The highest BCUT2D eigenvalue weighted by atomic mass is 16.5. The normalized spacial score (nSPS) is 10.0. The zero-order valence-electron chi connectivity index (χ0n) is 12.5. The van der Waals surface area contributed by atoms with Crippen LogP contribution in [-0.2, 0) is 0 Å². The molecule has 2 N–H and O–H groups in total. The summed E-state index contributed by atoms with van der Waals surface area (Å²) in [6, 6.07) is 7.70. The van der Waals surface area contributed by atoms with Crippen molar-refractivity contribution in [2.75, 3.05) is 30.9 Å². The summed E-state index contributed by atoms with van der Waals surface area (Å²) in [4.78, 5) is 8.43. The Balaban J connectivity index is 2.33. The molecule has 0 saturated heterocycles. The standard InChI is InChI=1S/C15H20N4O2/c1-4-16-14-13(20-3)15(18-10-17-14)19-11-8-6-7-9-12(11)21-5-2/h6-10H,4-5H2,1-3H3,(H2,16,17,18,19). The maximum atomic E-state index is 5.60. The van der Waals surface area contributed by atoms with Crippen LogP contribution in [0.4, 0.5) is 17.3 Å². The Bertz CT molecular complexity index is 590. The highest BCUT2D eigenvalue weighted by Crippen LogP contribution is 2.34. The highest BCUT2D eigenvalue weighted by molar-refractivity contribution is 5.72. The Kier molecular flexibility index (Phi) is 5.20. The third-order valence-electron chi connectivity index (χ3n) is 2.79. The first kappa shape index (κ1) is 14.9. The molecule has 0 fully saturated rings. The molecule has 0 bridgehead atoms. The van der Waals surface area contributed by atoms with E-state index in [1.54, 1.807) is 7.11 Å². The van der Waals surface area contributed by atoms with Gasteiger partial charge in [-0.15, -0.1) is 0 Å². The molecule has 0 amide bonds. The highest BCUT2D eigenvalue weighted by Gasteiger charge is 2.13. The number of nitrogens with one attached hydrogen (secondary N) is 2. The average molecular weight is 288 g/mol. The summed E-state index contributed by atoms with van der Waals surface area (Å²) in [5.41, 5.74) is 0.832. The summed E-state index contributed by atoms with van der Waals surface area (Å²) < 4.78 is 11.0. The van der Waals surface area contributed by atoms with E-state index in [1.165, 1.54) is 6.33 Å². The van der Waals surface area contributed by atoms with Gasteiger partial charge in [-0.2, -0.15) is 0 Å². The smallest absolute Gasteiger partial charge is 0.204 e. The quantitative estimate of drug-likeness (QED) is 0.816. The van der Waals surface area contributed by atoms with Gasteiger partial charge in [-0.1, -0.05) is 12.1 Å². The van der Waals surface area contributed by atoms with Gasteiger partial charge in [0.15, 0.2) is 11.6 Å². The average Bonchev–Trinajstić information content (AvgIpc) is 2.50. The fourth-order valence-electron chi connectivity index (χ4n) is 1.93. The van der Waals surface area contributed by atoms with Crippen molar-refractivity contribution < 1.29 is 9.47 Å². The molecule has 2 rings (SSSR count). The van der Waals surface area contributed by atoms with Crippen LogP contribution in [0.15, 0.2) is 30.6 Å². The van der Waals surface area contributed by atoms with E-state index in [2.05, 4.69) is 20.6 Å². The lowest BCUT2D eigenvalue weighted by atomic mass is 10.3. The number of rotatable bonds is 7. The molecule has 6 heteroatoms. The van der Waals surface area contributed by atoms with Crippen LogP contribution >= 0.6 is 0 Å². The largest absolute Gasteiger partial charge is 0.492 e. The van der Waals surface area contributed by atoms with E-state index < -0.39 is 0 Å². The minimum absolute atomic E-state index is 0.575. The lowest BCUT2D eigenvalue weighted by Gasteiger charge is -2.15. The first-order chi connectivity index (χ1) is 10.3. The molecule has 2 aromatic rings. The van der Waals surface area contributed by atoms with Crippen molar-refractivity contribution in [2.24, 2.45) is 0 Å². The van der Waals surface area contributed by atoms with Crippen molar-refractivity contribution in [3.63, 3.8) is 0 Å². The van der Waals surface area contributed by atoms with Gasteiger partial charge in [0.1, 0.15) is 12.1 Å². The second-order valence-electron chi connectivity index (χ2n) is 4.19. The summed E-state index contributed by atoms with van der Waals surface area (Å²) in [5.74, 6) is 2.60. The fourth-order valence-corrected chi connectivity index (χ4v) is 1.93. The van der Waals surface area contributed by atoms with Crippen molar-refractivity contribution in [2.45, 2.75) is 13.8 Å². The Hall–Kier alpha value is -2.50. The van der Waals surface area contributed by atoms with Crippen molar-refractivity contribution in [3.05, 3.63) is 30.6 Å². The van der Waals surface area contributed by atoms with Crippen LogP contribution in [0.1, 0.15) is 13.8 Å². The molecular weight excluding hydrogens is 268 g/mol. The number of methoxy groups -OCH3 is 1. The number of hydrogen-bond acceptors (Lipinski definition) is 6. The molecule has 0 radical (unpaired) electrons. The Morgan fingerprint density at radius 1 is 1.10 bits per heavy atom. The van der Waals surface area contributed by atoms with Gasteiger partial charge in [-0.25, -0.2) is 9.97 Å². The van der Waals surface area contributed by atoms with Crippen molar-refractivity contribution in [3.8, 4) is 11.5 Å². The number of benzene rings is 1. The van der Waals surface area contributed by atoms with Gasteiger partial charge in [0.05, 0.1) is 19.4 Å². The Labute approximate surface area is 124 Å². The molecule has 0 aliphatic heterocycles. The third kappa shape index (κ3) is 3.53. The van der Waals surface area contributed by atoms with Crippen LogP contribution in [0.3, 0.4) is 0 Å². The maximum Gasteiger partial charge on any atom is 0.204 e. The predicted molar refractivity (Wildman–Crippen MR) is 83.6 cm³/mol. The Morgan fingerprint density at radius 2 is 1.86 bits per heavy atom. The molecular formula is C15H20N4O2. The van der Waals surface area contributed by atoms with Crippen LogP contribution in [-0.4, -0.2) is 30.2 Å². The molecule has 6 nitrogen and oxygen atoms in total. The molecule has 0 aliphatic carbocycles. The maximum absolute atomic E-state index is 5.60. The van der Waals surface area contributed by atoms with Crippen molar-refractivity contribution in [1.82, 2.24) is 9.97 Å². The zero-order chi connectivity index (χ0) is 15.1. The topological polar surface area (TPSA) is 68.3 Å². The molecule has 0 aliphatic rings. The number of ether oxygens (including phenoxy) is 2. The van der Waals surface area contributed by atoms with E-state index in [1.807, 2.05) is 38.1 Å². The number of nitrogens with zero attached hydrogens (tertiary/aromatic N) is 2. The van der Waals surface area contributed by atoms with E-state index in [0.717, 1.165) is 18.0 Å². The van der Waals surface area contributed by atoms with Gasteiger partial charge < -0.3 is 20.1 Å². The Morgan fingerprint density at radius 3 is 2.57 bits per heavy atom. The summed E-state index contributed by atoms with van der Waals surface area (Å²) in [7, 11) is 1.60. The molecule has 0 atom stereocenters. The van der Waals surface area contributed by atoms with Crippen LogP contribution in [0, 0.1) is 0 Å². The first-order valence-corrected chi connectivity index (χ1v) is 6.91. The van der Waals surface area contributed by atoms with Crippen LogP contribution in [0.25, 0.3) is 0 Å². The fraction of sp³-hybridized carbons (Fsp3) is 0.333. The molecule has 0 unspecified atom stereocenters. The molecule has 1 aromatic heterocycles. The van der Waals surface area contributed by atoms with Gasteiger partial charge in [-0.3, -0.25) is 0 Å². The van der Waals surface area contributed by atoms with Crippen LogP contribution < -0.4 is 20.1 Å². The summed E-state index contributed by atoms with van der Waals surface area (Å²) in [5, 5.41) is 6.38. The van der Waals surface area contributed by atoms with Gasteiger partial charge >= 0.3 is 0 Å². The monoisotopic (exact) mass is 288 g/mol. The second kappa shape index (κ2) is 7.33. The van der Waals surface area contributed by atoms with Crippen molar-refractivity contribution in [1.29, 1.82) is 0 Å². The summed E-state index contributed by atoms with van der Waals surface area (Å²) in [6.07, 6.45) is 1.49. The first-order valence-electron chi connectivity index (χ1n) is 6.91. The number of anilines is 3. The molecule has 0 saturated carbocycles. The van der Waals surface area contributed by atoms with Crippen molar-refractivity contribution >= 4 is 17.3 Å². The predicted octanol–water partition coefficient (Wildman–Crippen LogP) is 3.06. The third-order valence-corrected chi connectivity index (χ3v) is 2.79. The van der Waals surface area contributed by atoms with Crippen LogP contribution in [0.2, 0.25) is 0 Å². The molecule has 1 aromatic carbocycles. The summed E-state index contributed by atoms with van der Waals surface area (Å²) in [6.45, 7) is 5.30. The van der Waals surface area contributed by atoms with E-state index in [-0.39, 0.29) is 0 Å². The zero-order valence-corrected chi connectivity index (χ0v) is 12.5. The number of hydrogen-bond donors (Lipinski definition) is 2. The summed E-state index contributed by atoms with van der Waals surface area (Å²) >= 11 is 0. The number of aromatic nitrogens is 2. The number of para-hydroxylation sites is 2. The minimum Gasteiger partial charge on any atom is -0.492 e. The van der Waals surface area contributed by atoms with E-state index >= 15 is 0 Å². The molecule has 112 valence electrons. The van der Waals surface area contributed by atoms with Gasteiger partial charge in [0.2, 0.25) is 5.75 Å². The van der Waals surface area contributed by atoms with Gasteiger partial charge in [-0.05, 0) is 26.0 Å². The van der Waals surface area contributed by atoms with E-state index in [9.17, 15) is 0 Å². The lowest BCUT2D eigenvalue weighted by molar-refractivity contribution is 0.342. The molecule has 0 spiro atoms. The van der Waals surface area contributed by atoms with E-state index in [4.69, 9.17) is 9.47 Å². The van der Waals surface area contributed by atoms with Gasteiger partial charge in [0, 0.05) is 6.54 Å². The molecule has 1 heterocycles. The lowest BCUT2D eigenvalue weighted by Crippen LogP contribution is -2.06.